The molecular weight excluding hydrogens is 369 g/mol. The minimum Gasteiger partial charge on any atom is -0.478 e. The highest BCUT2D eigenvalue weighted by molar-refractivity contribution is 14.1. The summed E-state index contributed by atoms with van der Waals surface area (Å²) in [6.07, 6.45) is 0. The van der Waals surface area contributed by atoms with Gasteiger partial charge in [0.25, 0.3) is 5.91 Å². The summed E-state index contributed by atoms with van der Waals surface area (Å²) in [6.45, 7) is 1.68. The molecule has 102 valence electrons. The summed E-state index contributed by atoms with van der Waals surface area (Å²) >= 11 is 2.09. The van der Waals surface area contributed by atoms with E-state index >= 15 is 0 Å². The summed E-state index contributed by atoms with van der Waals surface area (Å²) in [5, 5.41) is 11.8. The number of halogens is 1. The van der Waals surface area contributed by atoms with Crippen LogP contribution in [0.2, 0.25) is 0 Å². The number of rotatable bonds is 3. The Hall–Kier alpha value is -1.89. The van der Waals surface area contributed by atoms with Gasteiger partial charge in [0.2, 0.25) is 0 Å². The van der Waals surface area contributed by atoms with Crippen molar-refractivity contribution in [3.05, 3.63) is 62.7 Å². The van der Waals surface area contributed by atoms with E-state index in [4.69, 9.17) is 5.11 Å². The smallest absolute Gasteiger partial charge is 0.336 e. The zero-order chi connectivity index (χ0) is 14.7. The Morgan fingerprint density at radius 3 is 2.35 bits per heavy atom. The molecule has 0 saturated heterocycles. The predicted octanol–water partition coefficient (Wildman–Crippen LogP) is 3.55. The largest absolute Gasteiger partial charge is 0.478 e. The van der Waals surface area contributed by atoms with Gasteiger partial charge in [0.15, 0.2) is 0 Å². The van der Waals surface area contributed by atoms with Crippen LogP contribution in [0.4, 0.5) is 5.69 Å². The fourth-order valence-electron chi connectivity index (χ4n) is 1.84. The number of aromatic carboxylic acids is 1. The second-order valence-corrected chi connectivity index (χ2v) is 5.38. The van der Waals surface area contributed by atoms with Crippen LogP contribution in [0.3, 0.4) is 0 Å². The van der Waals surface area contributed by atoms with Crippen molar-refractivity contribution < 1.29 is 14.7 Å². The van der Waals surface area contributed by atoms with Crippen LogP contribution in [0, 0.1) is 10.5 Å². The molecule has 2 aromatic carbocycles. The van der Waals surface area contributed by atoms with E-state index in [0.717, 1.165) is 3.57 Å². The molecule has 0 bridgehead atoms. The van der Waals surface area contributed by atoms with Gasteiger partial charge in [-0.05, 0) is 59.3 Å². The lowest BCUT2D eigenvalue weighted by molar-refractivity contribution is 0.0695. The van der Waals surface area contributed by atoms with Crippen LogP contribution in [0.1, 0.15) is 26.3 Å². The summed E-state index contributed by atoms with van der Waals surface area (Å²) in [5.41, 5.74) is 1.80. The van der Waals surface area contributed by atoms with Crippen LogP contribution >= 0.6 is 22.6 Å². The molecule has 2 rings (SSSR count). The molecule has 5 heteroatoms. The summed E-state index contributed by atoms with van der Waals surface area (Å²) in [5.74, 6) is -1.26. The van der Waals surface area contributed by atoms with Gasteiger partial charge in [-0.1, -0.05) is 18.2 Å². The number of amides is 1. The highest BCUT2D eigenvalue weighted by atomic mass is 127. The second-order valence-electron chi connectivity index (χ2n) is 4.22. The molecule has 0 aromatic heterocycles. The van der Waals surface area contributed by atoms with Gasteiger partial charge in [0, 0.05) is 9.26 Å². The molecule has 0 heterocycles. The average molecular weight is 381 g/mol. The molecule has 20 heavy (non-hydrogen) atoms. The fourth-order valence-corrected chi connectivity index (χ4v) is 2.47. The minimum absolute atomic E-state index is 0.186. The van der Waals surface area contributed by atoms with Crippen molar-refractivity contribution in [3.63, 3.8) is 0 Å². The van der Waals surface area contributed by atoms with Gasteiger partial charge in [-0.15, -0.1) is 0 Å². The van der Waals surface area contributed by atoms with Crippen LogP contribution in [-0.2, 0) is 0 Å². The number of carboxylic acid groups (broad SMARTS) is 1. The Bertz CT molecular complexity index is 683. The van der Waals surface area contributed by atoms with Crippen molar-refractivity contribution in [3.8, 4) is 0 Å². The Kier molecular flexibility index (Phi) is 4.39. The number of nitrogens with one attached hydrogen (secondary N) is 1. The number of benzene rings is 2. The highest BCUT2D eigenvalue weighted by Crippen LogP contribution is 2.21. The molecule has 0 aliphatic heterocycles. The quantitative estimate of drug-likeness (QED) is 0.800. The van der Waals surface area contributed by atoms with E-state index in [1.54, 1.807) is 31.2 Å². The first-order valence-electron chi connectivity index (χ1n) is 5.89. The maximum atomic E-state index is 12.2. The molecule has 0 aliphatic carbocycles. The van der Waals surface area contributed by atoms with Gasteiger partial charge in [-0.25, -0.2) is 4.79 Å². The van der Waals surface area contributed by atoms with Crippen molar-refractivity contribution in [1.82, 2.24) is 0 Å². The third-order valence-corrected chi connectivity index (χ3v) is 3.87. The topological polar surface area (TPSA) is 66.4 Å². The summed E-state index contributed by atoms with van der Waals surface area (Å²) < 4.78 is 0.842. The third kappa shape index (κ3) is 2.98. The number of carbonyl (C=O) groups excluding carboxylic acids is 1. The molecule has 0 radical (unpaired) electrons. The monoisotopic (exact) mass is 381 g/mol. The lowest BCUT2D eigenvalue weighted by Crippen LogP contribution is -2.15. The fraction of sp³-hybridized carbons (Fsp3) is 0.0667. The van der Waals surface area contributed by atoms with Gasteiger partial charge >= 0.3 is 5.97 Å². The number of hydrogen-bond donors (Lipinski definition) is 2. The maximum Gasteiger partial charge on any atom is 0.336 e. The molecule has 0 fully saturated rings. The molecule has 0 spiro atoms. The molecule has 1 amide bonds. The van der Waals surface area contributed by atoms with Crippen LogP contribution < -0.4 is 5.32 Å². The van der Waals surface area contributed by atoms with Crippen molar-refractivity contribution in [2.24, 2.45) is 0 Å². The Balaban J connectivity index is 2.32. The molecular formula is C15H12INO3. The zero-order valence-corrected chi connectivity index (χ0v) is 12.8. The number of carbonyl (C=O) groups is 2. The molecule has 2 N–H and O–H groups in total. The summed E-state index contributed by atoms with van der Waals surface area (Å²) in [6, 6.07) is 12.0. The van der Waals surface area contributed by atoms with Crippen LogP contribution in [-0.4, -0.2) is 17.0 Å². The second kappa shape index (κ2) is 6.04. The lowest BCUT2D eigenvalue weighted by atomic mass is 10.1. The van der Waals surface area contributed by atoms with E-state index in [0.29, 0.717) is 16.8 Å². The van der Waals surface area contributed by atoms with E-state index in [2.05, 4.69) is 27.9 Å². The Morgan fingerprint density at radius 1 is 1.05 bits per heavy atom. The van der Waals surface area contributed by atoms with E-state index in [1.165, 1.54) is 6.07 Å². The number of carboxylic acids is 1. The van der Waals surface area contributed by atoms with Crippen LogP contribution in [0.15, 0.2) is 42.5 Å². The van der Waals surface area contributed by atoms with E-state index in [1.807, 2.05) is 12.1 Å². The number of hydrogen-bond acceptors (Lipinski definition) is 2. The summed E-state index contributed by atoms with van der Waals surface area (Å²) in [4.78, 5) is 23.3. The van der Waals surface area contributed by atoms with Gasteiger partial charge in [-0.2, -0.15) is 0 Å². The molecule has 0 unspecified atom stereocenters. The Morgan fingerprint density at radius 2 is 1.70 bits per heavy atom. The van der Waals surface area contributed by atoms with Gasteiger partial charge in [-0.3, -0.25) is 4.79 Å². The molecule has 0 saturated carbocycles. The van der Waals surface area contributed by atoms with Crippen molar-refractivity contribution >= 4 is 40.2 Å². The molecule has 4 nitrogen and oxygen atoms in total. The van der Waals surface area contributed by atoms with E-state index in [9.17, 15) is 9.59 Å². The SMILES string of the molecule is Cc1c(NC(=O)c2ccccc2I)cccc1C(=O)O. The van der Waals surface area contributed by atoms with Crippen molar-refractivity contribution in [2.45, 2.75) is 6.92 Å². The van der Waals surface area contributed by atoms with Crippen LogP contribution in [0.5, 0.6) is 0 Å². The van der Waals surface area contributed by atoms with E-state index < -0.39 is 5.97 Å². The molecule has 0 atom stereocenters. The average Bonchev–Trinajstić information content (AvgIpc) is 2.41. The summed E-state index contributed by atoms with van der Waals surface area (Å²) in [7, 11) is 0. The predicted molar refractivity (Wildman–Crippen MR) is 85.3 cm³/mol. The van der Waals surface area contributed by atoms with Crippen LogP contribution in [0.25, 0.3) is 0 Å². The third-order valence-electron chi connectivity index (χ3n) is 2.93. The molecule has 0 aliphatic rings. The normalized spacial score (nSPS) is 10.1. The van der Waals surface area contributed by atoms with Crippen molar-refractivity contribution in [1.29, 1.82) is 0 Å². The van der Waals surface area contributed by atoms with Gasteiger partial charge < -0.3 is 10.4 Å². The first kappa shape index (κ1) is 14.5. The first-order chi connectivity index (χ1) is 9.50. The van der Waals surface area contributed by atoms with Crippen molar-refractivity contribution in [2.75, 3.05) is 5.32 Å². The highest BCUT2D eigenvalue weighted by Gasteiger charge is 2.14. The lowest BCUT2D eigenvalue weighted by Gasteiger charge is -2.11. The van der Waals surface area contributed by atoms with Gasteiger partial charge in [0.1, 0.15) is 0 Å². The standard InChI is InChI=1S/C15H12INO3/c1-9-10(15(19)20)6-4-8-13(9)17-14(18)11-5-2-3-7-12(11)16/h2-8H,1H3,(H,17,18)(H,19,20). The van der Waals surface area contributed by atoms with Gasteiger partial charge in [0.05, 0.1) is 11.1 Å². The Labute approximate surface area is 130 Å². The minimum atomic E-state index is -1.01. The first-order valence-corrected chi connectivity index (χ1v) is 6.97. The van der Waals surface area contributed by atoms with E-state index in [-0.39, 0.29) is 11.5 Å². The maximum absolute atomic E-state index is 12.2. The zero-order valence-electron chi connectivity index (χ0n) is 10.7. The molecule has 2 aromatic rings. The number of anilines is 1.